The lowest BCUT2D eigenvalue weighted by Crippen LogP contribution is -2.31. The summed E-state index contributed by atoms with van der Waals surface area (Å²) in [6, 6.07) is 23.6. The highest BCUT2D eigenvalue weighted by atomic mass is 16.5. The molecule has 34 heavy (non-hydrogen) atoms. The highest BCUT2D eigenvalue weighted by Crippen LogP contribution is 2.30. The summed E-state index contributed by atoms with van der Waals surface area (Å²) in [4.78, 5) is 24.9. The molecule has 3 aromatic carbocycles. The molecule has 6 nitrogen and oxygen atoms in total. The molecule has 0 aliphatic heterocycles. The fourth-order valence-corrected chi connectivity index (χ4v) is 3.19. The molecule has 0 fully saturated rings. The Labute approximate surface area is 199 Å². The summed E-state index contributed by atoms with van der Waals surface area (Å²) in [6.45, 7) is -0.0572. The van der Waals surface area contributed by atoms with Crippen LogP contribution in [0.4, 0.5) is 0 Å². The molecule has 0 saturated heterocycles. The summed E-state index contributed by atoms with van der Waals surface area (Å²) in [5.74, 6) is 0.236. The Hall–Kier alpha value is -4.32. The molecule has 0 unspecified atom stereocenters. The fraction of sp³-hybridized carbons (Fsp3) is 0.143. The molecular formula is C28H27NO5. The van der Waals surface area contributed by atoms with Crippen LogP contribution in [0.15, 0.2) is 91.0 Å². The largest absolute Gasteiger partial charge is 0.493 e. The number of benzene rings is 3. The molecule has 1 amide bonds. The van der Waals surface area contributed by atoms with Crippen LogP contribution in [-0.4, -0.2) is 32.7 Å². The van der Waals surface area contributed by atoms with Crippen molar-refractivity contribution in [1.82, 2.24) is 5.32 Å². The van der Waals surface area contributed by atoms with E-state index in [9.17, 15) is 9.59 Å². The molecule has 0 aliphatic carbocycles. The van der Waals surface area contributed by atoms with E-state index in [0.29, 0.717) is 17.1 Å². The zero-order valence-electron chi connectivity index (χ0n) is 19.1. The number of hydrogen-bond donors (Lipinski definition) is 1. The zero-order valence-corrected chi connectivity index (χ0v) is 19.1. The second-order valence-electron chi connectivity index (χ2n) is 7.29. The van der Waals surface area contributed by atoms with Crippen LogP contribution in [-0.2, 0) is 14.3 Å². The van der Waals surface area contributed by atoms with Crippen molar-refractivity contribution < 1.29 is 23.8 Å². The molecule has 3 rings (SSSR count). The molecule has 0 radical (unpaired) electrons. The third-order valence-corrected chi connectivity index (χ3v) is 4.96. The summed E-state index contributed by atoms with van der Waals surface area (Å²) in [7, 11) is 3.08. The van der Waals surface area contributed by atoms with Gasteiger partial charge in [0.2, 0.25) is 5.91 Å². The van der Waals surface area contributed by atoms with Crippen molar-refractivity contribution in [2.75, 3.05) is 20.8 Å². The standard InChI is InChI=1S/C28H27NO5/c1-32-25-16-15-23(19-26(25)33-2)24(29-27(30)17-13-21-9-5-3-6-10-21)20-34-28(31)18-14-22-11-7-4-8-12-22/h3-19,24H,20H2,1-2H3,(H,29,30)/t24-/m1/s1. The van der Waals surface area contributed by atoms with Crippen LogP contribution in [0.5, 0.6) is 11.5 Å². The highest BCUT2D eigenvalue weighted by Gasteiger charge is 2.18. The van der Waals surface area contributed by atoms with E-state index < -0.39 is 12.0 Å². The summed E-state index contributed by atoms with van der Waals surface area (Å²) in [6.07, 6.45) is 6.20. The molecule has 1 N–H and O–H groups in total. The summed E-state index contributed by atoms with van der Waals surface area (Å²) >= 11 is 0. The number of amides is 1. The third-order valence-electron chi connectivity index (χ3n) is 4.96. The van der Waals surface area contributed by atoms with E-state index in [0.717, 1.165) is 11.1 Å². The van der Waals surface area contributed by atoms with Gasteiger partial charge in [-0.1, -0.05) is 66.7 Å². The van der Waals surface area contributed by atoms with E-state index in [1.807, 2.05) is 60.7 Å². The van der Waals surface area contributed by atoms with Crippen LogP contribution in [0.3, 0.4) is 0 Å². The van der Waals surface area contributed by atoms with Crippen LogP contribution in [0.2, 0.25) is 0 Å². The van der Waals surface area contributed by atoms with Gasteiger partial charge in [0, 0.05) is 12.2 Å². The first-order valence-electron chi connectivity index (χ1n) is 10.7. The Morgan fingerprint density at radius 1 is 0.794 bits per heavy atom. The van der Waals surface area contributed by atoms with Crippen LogP contribution in [0, 0.1) is 0 Å². The van der Waals surface area contributed by atoms with Gasteiger partial charge >= 0.3 is 5.97 Å². The van der Waals surface area contributed by atoms with Crippen molar-refractivity contribution in [3.8, 4) is 11.5 Å². The molecule has 0 saturated carbocycles. The van der Waals surface area contributed by atoms with Gasteiger partial charge in [0.05, 0.1) is 20.3 Å². The molecule has 0 heterocycles. The normalized spacial score (nSPS) is 11.8. The average Bonchev–Trinajstić information content (AvgIpc) is 2.89. The van der Waals surface area contributed by atoms with E-state index in [1.165, 1.54) is 19.3 Å². The van der Waals surface area contributed by atoms with Gasteiger partial charge < -0.3 is 19.5 Å². The number of carbonyl (C=O) groups excluding carboxylic acids is 2. The first kappa shape index (κ1) is 24.3. The minimum atomic E-state index is -0.596. The maximum atomic E-state index is 12.6. The Balaban J connectivity index is 1.73. The molecule has 0 bridgehead atoms. The lowest BCUT2D eigenvalue weighted by Gasteiger charge is -2.19. The maximum Gasteiger partial charge on any atom is 0.330 e. The van der Waals surface area contributed by atoms with Crippen LogP contribution < -0.4 is 14.8 Å². The van der Waals surface area contributed by atoms with Gasteiger partial charge in [-0.3, -0.25) is 4.79 Å². The number of rotatable bonds is 10. The number of ether oxygens (including phenoxy) is 3. The van der Waals surface area contributed by atoms with Crippen molar-refractivity contribution in [2.24, 2.45) is 0 Å². The average molecular weight is 458 g/mol. The molecule has 0 aliphatic rings. The Morgan fingerprint density at radius 3 is 1.97 bits per heavy atom. The quantitative estimate of drug-likeness (QED) is 0.349. The van der Waals surface area contributed by atoms with Crippen LogP contribution in [0.25, 0.3) is 12.2 Å². The number of methoxy groups -OCH3 is 2. The lowest BCUT2D eigenvalue weighted by atomic mass is 10.1. The van der Waals surface area contributed by atoms with Gasteiger partial charge in [-0.25, -0.2) is 4.79 Å². The van der Waals surface area contributed by atoms with Crippen molar-refractivity contribution in [1.29, 1.82) is 0 Å². The summed E-state index contributed by atoms with van der Waals surface area (Å²) < 4.78 is 16.1. The van der Waals surface area contributed by atoms with E-state index in [-0.39, 0.29) is 12.5 Å². The van der Waals surface area contributed by atoms with E-state index >= 15 is 0 Å². The smallest absolute Gasteiger partial charge is 0.330 e. The van der Waals surface area contributed by atoms with Gasteiger partial charge in [-0.15, -0.1) is 0 Å². The molecule has 0 spiro atoms. The Kier molecular flexibility index (Phi) is 9.05. The van der Waals surface area contributed by atoms with Gasteiger partial charge in [0.15, 0.2) is 11.5 Å². The number of esters is 1. The molecule has 174 valence electrons. The number of carbonyl (C=O) groups is 2. The topological polar surface area (TPSA) is 73.9 Å². The number of hydrogen-bond acceptors (Lipinski definition) is 5. The van der Waals surface area contributed by atoms with E-state index in [4.69, 9.17) is 14.2 Å². The summed E-state index contributed by atoms with van der Waals surface area (Å²) in [5, 5.41) is 2.90. The monoisotopic (exact) mass is 457 g/mol. The first-order valence-corrected chi connectivity index (χ1v) is 10.7. The van der Waals surface area contributed by atoms with Gasteiger partial charge in [-0.05, 0) is 41.0 Å². The van der Waals surface area contributed by atoms with Crippen LogP contribution in [0.1, 0.15) is 22.7 Å². The van der Waals surface area contributed by atoms with Gasteiger partial charge in [-0.2, -0.15) is 0 Å². The second kappa shape index (κ2) is 12.6. The molecular weight excluding hydrogens is 430 g/mol. The van der Waals surface area contributed by atoms with Gasteiger partial charge in [0.25, 0.3) is 0 Å². The predicted octanol–water partition coefficient (Wildman–Crippen LogP) is 4.83. The van der Waals surface area contributed by atoms with Crippen LogP contribution >= 0.6 is 0 Å². The van der Waals surface area contributed by atoms with Crippen molar-refractivity contribution in [3.05, 3.63) is 108 Å². The highest BCUT2D eigenvalue weighted by molar-refractivity contribution is 5.92. The fourth-order valence-electron chi connectivity index (χ4n) is 3.19. The molecule has 1 atom stereocenters. The Bertz CT molecular complexity index is 1140. The van der Waals surface area contributed by atoms with E-state index in [2.05, 4.69) is 5.32 Å². The maximum absolute atomic E-state index is 12.6. The molecule has 0 aromatic heterocycles. The minimum Gasteiger partial charge on any atom is -0.493 e. The predicted molar refractivity (Wildman–Crippen MR) is 132 cm³/mol. The van der Waals surface area contributed by atoms with Crippen molar-refractivity contribution in [2.45, 2.75) is 6.04 Å². The SMILES string of the molecule is COc1ccc([C@@H](COC(=O)C=Cc2ccccc2)NC(=O)C=Cc2ccccc2)cc1OC. The number of nitrogens with one attached hydrogen (secondary N) is 1. The molecule has 3 aromatic rings. The van der Waals surface area contributed by atoms with E-state index in [1.54, 1.807) is 37.5 Å². The lowest BCUT2D eigenvalue weighted by molar-refractivity contribution is -0.139. The first-order chi connectivity index (χ1) is 16.6. The zero-order chi connectivity index (χ0) is 24.2. The second-order valence-corrected chi connectivity index (χ2v) is 7.29. The minimum absolute atomic E-state index is 0.0572. The van der Waals surface area contributed by atoms with Gasteiger partial charge in [0.1, 0.15) is 6.61 Å². The molecule has 6 heteroatoms. The Morgan fingerprint density at radius 2 is 1.38 bits per heavy atom. The summed E-state index contributed by atoms with van der Waals surface area (Å²) in [5.41, 5.74) is 2.49. The van der Waals surface area contributed by atoms with Crippen molar-refractivity contribution in [3.63, 3.8) is 0 Å². The third kappa shape index (κ3) is 7.38. The van der Waals surface area contributed by atoms with Crippen molar-refractivity contribution >= 4 is 24.0 Å².